The third kappa shape index (κ3) is 3.96. The second kappa shape index (κ2) is 8.58. The molecular formula is C27H31FO5. The molecule has 3 N–H and O–H groups in total. The molecule has 3 aliphatic rings. The fourth-order valence-corrected chi connectivity index (χ4v) is 6.07. The number of allylic oxidation sites excluding steroid dienone is 2. The van der Waals surface area contributed by atoms with E-state index in [1.807, 2.05) is 13.0 Å². The molecule has 0 amide bonds. The largest absolute Gasteiger partial charge is 0.504 e. The van der Waals surface area contributed by atoms with E-state index in [0.717, 1.165) is 24.8 Å². The minimum Gasteiger partial charge on any atom is -0.504 e. The summed E-state index contributed by atoms with van der Waals surface area (Å²) in [4.78, 5) is 12.5. The number of aliphatic hydroxyl groups is 3. The first-order valence-corrected chi connectivity index (χ1v) is 11.4. The van der Waals surface area contributed by atoms with E-state index < -0.39 is 17.5 Å². The van der Waals surface area contributed by atoms with Crippen LogP contribution in [0.3, 0.4) is 0 Å². The predicted molar refractivity (Wildman–Crippen MR) is 123 cm³/mol. The molecule has 4 rings (SSSR count). The Hall–Kier alpha value is -2.70. The molecular weight excluding hydrogens is 423 g/mol. The van der Waals surface area contributed by atoms with Crippen LogP contribution in [0.2, 0.25) is 0 Å². The Morgan fingerprint density at radius 2 is 1.94 bits per heavy atom. The van der Waals surface area contributed by atoms with E-state index in [-0.39, 0.29) is 46.8 Å². The summed E-state index contributed by atoms with van der Waals surface area (Å²) in [6.45, 7) is 8.30. The van der Waals surface area contributed by atoms with Gasteiger partial charge in [0.15, 0.2) is 11.5 Å². The van der Waals surface area contributed by atoms with Gasteiger partial charge in [-0.15, -0.1) is 0 Å². The Morgan fingerprint density at radius 1 is 1.24 bits per heavy atom. The number of hydrogen-bond acceptors (Lipinski definition) is 5. The number of ether oxygens (including phenoxy) is 1. The van der Waals surface area contributed by atoms with Crippen molar-refractivity contribution in [2.75, 3.05) is 6.61 Å². The van der Waals surface area contributed by atoms with E-state index in [1.54, 1.807) is 6.08 Å². The van der Waals surface area contributed by atoms with Crippen molar-refractivity contribution in [1.82, 2.24) is 0 Å². The third-order valence-electron chi connectivity index (χ3n) is 8.09. The van der Waals surface area contributed by atoms with Crippen molar-refractivity contribution < 1.29 is 29.2 Å². The van der Waals surface area contributed by atoms with Crippen LogP contribution in [0.5, 0.6) is 0 Å². The highest BCUT2D eigenvalue weighted by Gasteiger charge is 2.57. The van der Waals surface area contributed by atoms with Gasteiger partial charge in [0.05, 0.1) is 12.7 Å². The lowest BCUT2D eigenvalue weighted by Gasteiger charge is -2.59. The van der Waals surface area contributed by atoms with Gasteiger partial charge in [-0.2, -0.15) is 0 Å². The van der Waals surface area contributed by atoms with E-state index in [4.69, 9.17) is 4.74 Å². The van der Waals surface area contributed by atoms with Crippen LogP contribution in [0.15, 0.2) is 65.7 Å². The molecule has 1 aliphatic heterocycles. The molecule has 2 saturated carbocycles. The summed E-state index contributed by atoms with van der Waals surface area (Å²) >= 11 is 0. The molecule has 0 spiro atoms. The van der Waals surface area contributed by atoms with E-state index >= 15 is 0 Å². The van der Waals surface area contributed by atoms with Gasteiger partial charge in [0.25, 0.3) is 0 Å². The lowest BCUT2D eigenvalue weighted by atomic mass is 9.46. The highest BCUT2D eigenvalue weighted by molar-refractivity contribution is 5.97. The lowest BCUT2D eigenvalue weighted by Crippen LogP contribution is -2.57. The van der Waals surface area contributed by atoms with Gasteiger partial charge in [0, 0.05) is 11.3 Å². The Bertz CT molecular complexity index is 1050. The first kappa shape index (κ1) is 23.5. The molecule has 0 bridgehead atoms. The second-order valence-corrected chi connectivity index (χ2v) is 10.0. The number of cyclic esters (lactones) is 1. The molecule has 176 valence electrons. The van der Waals surface area contributed by atoms with Gasteiger partial charge in [-0.25, -0.2) is 9.18 Å². The third-order valence-corrected chi connectivity index (χ3v) is 8.09. The average Bonchev–Trinajstić information content (AvgIpc) is 3.04. The first-order valence-electron chi connectivity index (χ1n) is 11.4. The van der Waals surface area contributed by atoms with Gasteiger partial charge < -0.3 is 20.1 Å². The van der Waals surface area contributed by atoms with E-state index in [1.165, 1.54) is 30.3 Å². The lowest BCUT2D eigenvalue weighted by molar-refractivity contribution is -0.145. The van der Waals surface area contributed by atoms with Crippen molar-refractivity contribution in [3.8, 4) is 0 Å². The number of benzene rings is 1. The number of carbonyl (C=O) groups is 1. The maximum atomic E-state index is 13.1. The summed E-state index contributed by atoms with van der Waals surface area (Å²) < 4.78 is 18.4. The van der Waals surface area contributed by atoms with Crippen LogP contribution in [0, 0.1) is 28.5 Å². The summed E-state index contributed by atoms with van der Waals surface area (Å²) in [7, 11) is 0. The molecule has 6 heteroatoms. The number of halogens is 1. The van der Waals surface area contributed by atoms with Crippen LogP contribution >= 0.6 is 0 Å². The van der Waals surface area contributed by atoms with Crippen LogP contribution in [0.1, 0.15) is 45.1 Å². The maximum absolute atomic E-state index is 13.1. The van der Waals surface area contributed by atoms with Gasteiger partial charge in [-0.1, -0.05) is 44.2 Å². The average molecular weight is 455 g/mol. The zero-order chi connectivity index (χ0) is 24.0. The number of carbonyl (C=O) groups excluding carboxylic acids is 1. The van der Waals surface area contributed by atoms with Crippen molar-refractivity contribution in [1.29, 1.82) is 0 Å². The zero-order valence-electron chi connectivity index (χ0n) is 19.1. The Morgan fingerprint density at radius 3 is 2.61 bits per heavy atom. The predicted octanol–water partition coefficient (Wildman–Crippen LogP) is 4.83. The smallest absolute Gasteiger partial charge is 0.347 e. The fraction of sp³-hybridized carbons (Fsp3) is 0.444. The molecule has 5 nitrogen and oxygen atoms in total. The molecule has 0 aromatic heterocycles. The number of rotatable bonds is 4. The summed E-state index contributed by atoms with van der Waals surface area (Å²) in [5, 5.41) is 31.4. The molecule has 2 fully saturated rings. The van der Waals surface area contributed by atoms with E-state index in [2.05, 4.69) is 13.5 Å². The molecule has 1 aromatic carbocycles. The minimum absolute atomic E-state index is 0.0199. The monoisotopic (exact) mass is 454 g/mol. The summed E-state index contributed by atoms with van der Waals surface area (Å²) in [5.74, 6) is -1.26. The maximum Gasteiger partial charge on any atom is 0.347 e. The first-order chi connectivity index (χ1) is 15.6. The van der Waals surface area contributed by atoms with E-state index in [9.17, 15) is 24.5 Å². The minimum atomic E-state index is -0.653. The van der Waals surface area contributed by atoms with Crippen LogP contribution in [0.25, 0.3) is 6.08 Å². The van der Waals surface area contributed by atoms with Gasteiger partial charge in [0.2, 0.25) is 0 Å². The normalized spacial score (nSPS) is 35.9. The van der Waals surface area contributed by atoms with Crippen LogP contribution in [-0.2, 0) is 9.53 Å². The molecule has 2 aliphatic carbocycles. The molecule has 0 radical (unpaired) electrons. The Labute approximate surface area is 193 Å². The van der Waals surface area contributed by atoms with Gasteiger partial charge in [-0.05, 0) is 66.9 Å². The molecule has 1 heterocycles. The van der Waals surface area contributed by atoms with Crippen molar-refractivity contribution in [3.63, 3.8) is 0 Å². The number of fused-ring (bicyclic) bond motifs is 1. The van der Waals surface area contributed by atoms with E-state index in [0.29, 0.717) is 12.0 Å². The molecule has 1 aromatic rings. The van der Waals surface area contributed by atoms with Crippen molar-refractivity contribution in [2.24, 2.45) is 22.7 Å². The van der Waals surface area contributed by atoms with Crippen LogP contribution in [-0.4, -0.2) is 34.0 Å². The second-order valence-electron chi connectivity index (χ2n) is 10.0. The zero-order valence-corrected chi connectivity index (χ0v) is 19.1. The van der Waals surface area contributed by atoms with Crippen molar-refractivity contribution in [3.05, 3.63) is 77.0 Å². The molecule has 0 saturated heterocycles. The Kier molecular flexibility index (Phi) is 6.10. The quantitative estimate of drug-likeness (QED) is 0.448. The van der Waals surface area contributed by atoms with Gasteiger partial charge in [0.1, 0.15) is 11.4 Å². The highest BCUT2D eigenvalue weighted by Crippen LogP contribution is 2.61. The summed E-state index contributed by atoms with van der Waals surface area (Å²) in [5.41, 5.74) is 0.848. The van der Waals surface area contributed by atoms with Crippen molar-refractivity contribution >= 4 is 12.0 Å². The molecule has 33 heavy (non-hydrogen) atoms. The molecule has 5 atom stereocenters. The van der Waals surface area contributed by atoms with Gasteiger partial charge >= 0.3 is 5.97 Å². The SMILES string of the molecule is C=C1CC[C@H]2[C@](C)(CO)[C@H](O)CC[C@@]2(C)[C@@H]1/C=C/C1=C(O)C(=C/c2ccc(F)cc2)/OC1=O. The number of hydrogen-bond donors (Lipinski definition) is 3. The van der Waals surface area contributed by atoms with Crippen molar-refractivity contribution in [2.45, 2.75) is 45.6 Å². The highest BCUT2D eigenvalue weighted by atomic mass is 19.1. The topological polar surface area (TPSA) is 87.0 Å². The van der Waals surface area contributed by atoms with Crippen LogP contribution < -0.4 is 0 Å². The number of aliphatic hydroxyl groups excluding tert-OH is 3. The summed E-state index contributed by atoms with van der Waals surface area (Å²) in [6, 6.07) is 5.63. The standard InChI is InChI=1S/C27H31FO5/c1-16-4-11-22-26(2,13-12-23(30)27(22,3)15-29)20(16)10-9-19-24(31)21(33-25(19)32)14-17-5-7-18(28)8-6-17/h5-10,14,20,22-23,29-31H,1,4,11-13,15H2,2-3H3/b10-9+,21-14-/t20-,22-,23-,26+,27+/m1/s1. The fourth-order valence-electron chi connectivity index (χ4n) is 6.07. The summed E-state index contributed by atoms with van der Waals surface area (Å²) in [6.07, 6.45) is 7.38. The Balaban J connectivity index is 1.64. The molecule has 0 unspecified atom stereocenters. The van der Waals surface area contributed by atoms with Crippen LogP contribution in [0.4, 0.5) is 4.39 Å². The van der Waals surface area contributed by atoms with Gasteiger partial charge in [-0.3, -0.25) is 0 Å². The number of esters is 1.